The first kappa shape index (κ1) is 14.9. The van der Waals surface area contributed by atoms with Crippen molar-refractivity contribution in [2.45, 2.75) is 13.0 Å². The van der Waals surface area contributed by atoms with Crippen LogP contribution in [-0.2, 0) is 13.0 Å². The Morgan fingerprint density at radius 3 is 2.60 bits per heavy atom. The van der Waals surface area contributed by atoms with Crippen LogP contribution in [0.5, 0.6) is 11.5 Å². The lowest BCUT2D eigenvalue weighted by Gasteiger charge is -2.12. The summed E-state index contributed by atoms with van der Waals surface area (Å²) < 4.78 is 12.2. The molecule has 0 aliphatic heterocycles. The Balaban J connectivity index is 2.12. The molecular weight excluding hydrogens is 318 g/mol. The number of nitrogens with two attached hydrogens (primary N) is 1. The summed E-state index contributed by atoms with van der Waals surface area (Å²) in [6.07, 6.45) is 0.831. The van der Waals surface area contributed by atoms with Gasteiger partial charge in [-0.15, -0.1) is 0 Å². The fourth-order valence-electron chi connectivity index (χ4n) is 1.94. The van der Waals surface area contributed by atoms with Crippen LogP contribution in [0.2, 0.25) is 0 Å². The molecule has 0 radical (unpaired) electrons. The van der Waals surface area contributed by atoms with Crippen molar-refractivity contribution in [1.29, 1.82) is 0 Å². The van der Waals surface area contributed by atoms with Crippen molar-refractivity contribution in [2.24, 2.45) is 5.73 Å². The van der Waals surface area contributed by atoms with Crippen molar-refractivity contribution in [3.8, 4) is 11.5 Å². The molecule has 20 heavy (non-hydrogen) atoms. The Morgan fingerprint density at radius 2 is 1.90 bits per heavy atom. The smallest absolute Gasteiger partial charge is 0.161 e. The van der Waals surface area contributed by atoms with Gasteiger partial charge in [-0.05, 0) is 48.4 Å². The molecule has 0 bridgehead atoms. The Hall–Kier alpha value is -1.52. The van der Waals surface area contributed by atoms with Crippen LogP contribution >= 0.6 is 15.9 Å². The third-order valence-electron chi connectivity index (χ3n) is 2.94. The van der Waals surface area contributed by atoms with E-state index in [1.807, 2.05) is 42.5 Å². The number of halogens is 1. The van der Waals surface area contributed by atoms with Gasteiger partial charge in [-0.3, -0.25) is 0 Å². The molecule has 0 unspecified atom stereocenters. The highest BCUT2D eigenvalue weighted by Gasteiger charge is 2.06. The second kappa shape index (κ2) is 7.31. The number of hydrogen-bond donors (Lipinski definition) is 1. The minimum absolute atomic E-state index is 0.502. The van der Waals surface area contributed by atoms with Gasteiger partial charge in [0.05, 0.1) is 7.11 Å². The summed E-state index contributed by atoms with van der Waals surface area (Å²) >= 11 is 3.45. The van der Waals surface area contributed by atoms with Gasteiger partial charge in [0.2, 0.25) is 0 Å². The van der Waals surface area contributed by atoms with Crippen LogP contribution in [0.25, 0.3) is 0 Å². The van der Waals surface area contributed by atoms with E-state index in [0.29, 0.717) is 13.2 Å². The van der Waals surface area contributed by atoms with E-state index in [1.54, 1.807) is 7.11 Å². The minimum Gasteiger partial charge on any atom is -0.493 e. The highest BCUT2D eigenvalue weighted by Crippen LogP contribution is 2.29. The zero-order chi connectivity index (χ0) is 14.4. The van der Waals surface area contributed by atoms with E-state index in [-0.39, 0.29) is 0 Å². The van der Waals surface area contributed by atoms with Gasteiger partial charge in [0, 0.05) is 4.47 Å². The first-order valence-electron chi connectivity index (χ1n) is 6.47. The van der Waals surface area contributed by atoms with Gasteiger partial charge in [0.25, 0.3) is 0 Å². The first-order valence-corrected chi connectivity index (χ1v) is 7.26. The average molecular weight is 336 g/mol. The molecule has 2 rings (SSSR count). The van der Waals surface area contributed by atoms with Crippen molar-refractivity contribution in [3.63, 3.8) is 0 Å². The lowest BCUT2D eigenvalue weighted by molar-refractivity contribution is 0.284. The van der Waals surface area contributed by atoms with Crippen molar-refractivity contribution in [2.75, 3.05) is 13.7 Å². The van der Waals surface area contributed by atoms with Crippen LogP contribution in [0.3, 0.4) is 0 Å². The quantitative estimate of drug-likeness (QED) is 0.878. The Morgan fingerprint density at radius 1 is 1.05 bits per heavy atom. The molecule has 2 aromatic carbocycles. The van der Waals surface area contributed by atoms with Crippen molar-refractivity contribution in [3.05, 3.63) is 58.1 Å². The van der Waals surface area contributed by atoms with Crippen molar-refractivity contribution < 1.29 is 9.47 Å². The highest BCUT2D eigenvalue weighted by atomic mass is 79.9. The van der Waals surface area contributed by atoms with Gasteiger partial charge in [-0.2, -0.15) is 0 Å². The number of methoxy groups -OCH3 is 1. The maximum absolute atomic E-state index is 5.87. The molecule has 2 aromatic rings. The molecule has 3 nitrogen and oxygen atoms in total. The van der Waals surface area contributed by atoms with Gasteiger partial charge >= 0.3 is 0 Å². The molecule has 106 valence electrons. The van der Waals surface area contributed by atoms with E-state index >= 15 is 0 Å². The highest BCUT2D eigenvalue weighted by molar-refractivity contribution is 9.10. The lowest BCUT2D eigenvalue weighted by Crippen LogP contribution is -2.04. The molecule has 4 heteroatoms. The van der Waals surface area contributed by atoms with Crippen LogP contribution in [-0.4, -0.2) is 13.7 Å². The van der Waals surface area contributed by atoms with Crippen LogP contribution in [0, 0.1) is 0 Å². The summed E-state index contributed by atoms with van der Waals surface area (Å²) in [5.41, 5.74) is 7.84. The second-order valence-electron chi connectivity index (χ2n) is 4.44. The summed E-state index contributed by atoms with van der Waals surface area (Å²) in [5, 5.41) is 0. The van der Waals surface area contributed by atoms with E-state index in [2.05, 4.69) is 15.9 Å². The maximum atomic E-state index is 5.87. The summed E-state index contributed by atoms with van der Waals surface area (Å²) in [6, 6.07) is 14.0. The van der Waals surface area contributed by atoms with Crippen LogP contribution < -0.4 is 15.2 Å². The normalized spacial score (nSPS) is 10.3. The third-order valence-corrected chi connectivity index (χ3v) is 3.44. The zero-order valence-corrected chi connectivity index (χ0v) is 13.0. The van der Waals surface area contributed by atoms with Gasteiger partial charge < -0.3 is 15.2 Å². The molecule has 0 aliphatic rings. The summed E-state index contributed by atoms with van der Waals surface area (Å²) in [6.45, 7) is 1.12. The fourth-order valence-corrected chi connectivity index (χ4v) is 2.39. The lowest BCUT2D eigenvalue weighted by atomic mass is 10.1. The van der Waals surface area contributed by atoms with E-state index in [1.165, 1.54) is 0 Å². The Labute approximate surface area is 127 Å². The molecular formula is C16H18BrNO2. The SMILES string of the molecule is COc1ccc(CCN)cc1OCc1cccc(Br)c1. The largest absolute Gasteiger partial charge is 0.493 e. The molecule has 0 heterocycles. The maximum Gasteiger partial charge on any atom is 0.161 e. The molecule has 0 spiro atoms. The molecule has 0 fully saturated rings. The molecule has 0 saturated carbocycles. The van der Waals surface area contributed by atoms with Crippen molar-refractivity contribution in [1.82, 2.24) is 0 Å². The summed E-state index contributed by atoms with van der Waals surface area (Å²) in [4.78, 5) is 0. The second-order valence-corrected chi connectivity index (χ2v) is 5.36. The number of hydrogen-bond acceptors (Lipinski definition) is 3. The fraction of sp³-hybridized carbons (Fsp3) is 0.250. The van der Waals surface area contributed by atoms with E-state index < -0.39 is 0 Å². The molecule has 0 atom stereocenters. The van der Waals surface area contributed by atoms with E-state index in [0.717, 1.165) is 33.5 Å². The molecule has 0 aliphatic carbocycles. The van der Waals surface area contributed by atoms with Gasteiger partial charge in [-0.25, -0.2) is 0 Å². The van der Waals surface area contributed by atoms with Gasteiger partial charge in [0.1, 0.15) is 6.61 Å². The van der Waals surface area contributed by atoms with E-state index in [9.17, 15) is 0 Å². The minimum atomic E-state index is 0.502. The van der Waals surface area contributed by atoms with Gasteiger partial charge in [0.15, 0.2) is 11.5 Å². The number of benzene rings is 2. The molecule has 0 amide bonds. The zero-order valence-electron chi connectivity index (χ0n) is 11.4. The third kappa shape index (κ3) is 3.99. The average Bonchev–Trinajstić information content (AvgIpc) is 2.46. The Bertz CT molecular complexity index is 572. The summed E-state index contributed by atoms with van der Waals surface area (Å²) in [5.74, 6) is 1.49. The first-order chi connectivity index (χ1) is 9.72. The predicted octanol–water partition coefficient (Wildman–Crippen LogP) is 3.54. The van der Waals surface area contributed by atoms with Crippen molar-refractivity contribution >= 4 is 15.9 Å². The molecule has 0 aromatic heterocycles. The van der Waals surface area contributed by atoms with Crippen LogP contribution in [0.15, 0.2) is 46.9 Å². The number of rotatable bonds is 6. The topological polar surface area (TPSA) is 44.5 Å². The predicted molar refractivity (Wildman–Crippen MR) is 84.2 cm³/mol. The standard InChI is InChI=1S/C16H18BrNO2/c1-19-15-6-5-12(7-8-18)10-16(15)20-11-13-3-2-4-14(17)9-13/h2-6,9-10H,7-8,11,18H2,1H3. The summed E-state index contributed by atoms with van der Waals surface area (Å²) in [7, 11) is 1.64. The monoisotopic (exact) mass is 335 g/mol. The molecule has 0 saturated heterocycles. The van der Waals surface area contributed by atoms with Crippen LogP contribution in [0.4, 0.5) is 0 Å². The van der Waals surface area contributed by atoms with Gasteiger partial charge in [-0.1, -0.05) is 34.1 Å². The number of ether oxygens (including phenoxy) is 2. The van der Waals surface area contributed by atoms with E-state index in [4.69, 9.17) is 15.2 Å². The van der Waals surface area contributed by atoms with Crippen LogP contribution in [0.1, 0.15) is 11.1 Å². The Kier molecular flexibility index (Phi) is 5.44. The molecule has 2 N–H and O–H groups in total.